The van der Waals surface area contributed by atoms with E-state index in [4.69, 9.17) is 8.85 Å². The first-order chi connectivity index (χ1) is 7.39. The fraction of sp³-hybridized carbons (Fsp3) is 1.00. The largest absolute Gasteiger partial charge is 0.398 e. The van der Waals surface area contributed by atoms with Crippen molar-refractivity contribution < 1.29 is 22.0 Å². The van der Waals surface area contributed by atoms with E-state index in [1.165, 1.54) is 14.2 Å². The first-order valence-corrected chi connectivity index (χ1v) is 7.79. The second-order valence-electron chi connectivity index (χ2n) is 3.89. The van der Waals surface area contributed by atoms with Gasteiger partial charge < -0.3 is 8.85 Å². The summed E-state index contributed by atoms with van der Waals surface area (Å²) in [4.78, 5) is 0. The fourth-order valence-electron chi connectivity index (χ4n) is 1.59. The van der Waals surface area contributed by atoms with E-state index in [1.807, 2.05) is 0 Å². The SMILES string of the molecule is CCCCC[Si](CCC(F)(F)F)(OC)OC. The van der Waals surface area contributed by atoms with Gasteiger partial charge in [-0.3, -0.25) is 0 Å². The molecule has 0 saturated heterocycles. The van der Waals surface area contributed by atoms with Gasteiger partial charge in [0, 0.05) is 20.6 Å². The van der Waals surface area contributed by atoms with Gasteiger partial charge in [-0.25, -0.2) is 0 Å². The van der Waals surface area contributed by atoms with Crippen molar-refractivity contribution in [2.24, 2.45) is 0 Å². The molecule has 0 saturated carbocycles. The van der Waals surface area contributed by atoms with Crippen molar-refractivity contribution in [3.8, 4) is 0 Å². The lowest BCUT2D eigenvalue weighted by Crippen LogP contribution is -2.40. The highest BCUT2D eigenvalue weighted by Gasteiger charge is 2.39. The van der Waals surface area contributed by atoms with Gasteiger partial charge in [-0.2, -0.15) is 13.2 Å². The fourth-order valence-corrected chi connectivity index (χ4v) is 4.28. The van der Waals surface area contributed by atoms with Crippen molar-refractivity contribution in [1.82, 2.24) is 0 Å². The zero-order valence-corrected chi connectivity index (χ0v) is 11.2. The van der Waals surface area contributed by atoms with Gasteiger partial charge in [0.2, 0.25) is 0 Å². The Morgan fingerprint density at radius 3 is 1.94 bits per heavy atom. The molecule has 2 nitrogen and oxygen atoms in total. The van der Waals surface area contributed by atoms with Crippen LogP contribution in [-0.2, 0) is 8.85 Å². The molecule has 6 heteroatoms. The number of alkyl halides is 3. The molecule has 0 fully saturated rings. The van der Waals surface area contributed by atoms with Crippen LogP contribution in [0.2, 0.25) is 12.1 Å². The molecule has 0 rings (SSSR count). The van der Waals surface area contributed by atoms with Gasteiger partial charge in [0.15, 0.2) is 0 Å². The van der Waals surface area contributed by atoms with Crippen molar-refractivity contribution >= 4 is 8.56 Å². The Hall–Kier alpha value is -0.0731. The molecule has 0 N–H and O–H groups in total. The molecule has 0 unspecified atom stereocenters. The third kappa shape index (κ3) is 6.50. The lowest BCUT2D eigenvalue weighted by molar-refractivity contribution is -0.131. The monoisotopic (exact) mass is 258 g/mol. The first kappa shape index (κ1) is 15.9. The van der Waals surface area contributed by atoms with Crippen LogP contribution in [-0.4, -0.2) is 29.0 Å². The zero-order chi connectivity index (χ0) is 12.7. The van der Waals surface area contributed by atoms with Crippen molar-refractivity contribution in [3.63, 3.8) is 0 Å². The Kier molecular flexibility index (Phi) is 7.26. The third-order valence-corrected chi connectivity index (χ3v) is 6.31. The average Bonchev–Trinajstić information content (AvgIpc) is 2.23. The van der Waals surface area contributed by atoms with E-state index in [0.29, 0.717) is 6.04 Å². The Bertz CT molecular complexity index is 181. The number of unbranched alkanes of at least 4 members (excludes halogenated alkanes) is 2. The standard InChI is InChI=1S/C10H21F3O2Si/c1-4-5-6-8-16(14-2,15-3)9-7-10(11,12)13/h4-9H2,1-3H3. The van der Waals surface area contributed by atoms with Crippen LogP contribution in [0.4, 0.5) is 13.2 Å². The average molecular weight is 258 g/mol. The molecular weight excluding hydrogens is 237 g/mol. The molecular formula is C10H21F3O2Si. The summed E-state index contributed by atoms with van der Waals surface area (Å²) in [6.07, 6.45) is -2.01. The van der Waals surface area contributed by atoms with Crippen molar-refractivity contribution in [2.45, 2.75) is 50.9 Å². The molecule has 0 aliphatic rings. The predicted molar refractivity (Wildman–Crippen MR) is 59.6 cm³/mol. The minimum absolute atomic E-state index is 0.00673. The number of hydrogen-bond acceptors (Lipinski definition) is 2. The molecule has 0 bridgehead atoms. The minimum atomic E-state index is -4.12. The van der Waals surface area contributed by atoms with E-state index in [2.05, 4.69) is 6.92 Å². The van der Waals surface area contributed by atoms with Gasteiger partial charge in [-0.05, 0) is 12.1 Å². The lowest BCUT2D eigenvalue weighted by atomic mass is 10.3. The van der Waals surface area contributed by atoms with Crippen molar-refractivity contribution in [3.05, 3.63) is 0 Å². The molecule has 0 amide bonds. The molecule has 0 aromatic heterocycles. The van der Waals surface area contributed by atoms with Crippen LogP contribution in [0.3, 0.4) is 0 Å². The molecule has 0 heterocycles. The number of hydrogen-bond donors (Lipinski definition) is 0. The van der Waals surface area contributed by atoms with E-state index in [1.54, 1.807) is 0 Å². The van der Waals surface area contributed by atoms with Crippen LogP contribution in [0.25, 0.3) is 0 Å². The maximum atomic E-state index is 12.2. The molecule has 0 atom stereocenters. The zero-order valence-electron chi connectivity index (χ0n) is 10.2. The molecule has 98 valence electrons. The molecule has 0 aromatic rings. The van der Waals surface area contributed by atoms with Crippen LogP contribution >= 0.6 is 0 Å². The Morgan fingerprint density at radius 2 is 1.56 bits per heavy atom. The number of rotatable bonds is 8. The molecule has 0 aromatic carbocycles. The van der Waals surface area contributed by atoms with E-state index in [-0.39, 0.29) is 6.04 Å². The van der Waals surface area contributed by atoms with Crippen LogP contribution in [0.5, 0.6) is 0 Å². The normalized spacial score (nSPS) is 13.1. The van der Waals surface area contributed by atoms with Gasteiger partial charge in [0.25, 0.3) is 0 Å². The summed E-state index contributed by atoms with van der Waals surface area (Å²) in [5, 5.41) is 0. The first-order valence-electron chi connectivity index (χ1n) is 5.56. The second-order valence-corrected chi connectivity index (χ2v) is 7.53. The summed E-state index contributed by atoms with van der Waals surface area (Å²) in [6.45, 7) is 2.05. The highest BCUT2D eigenvalue weighted by molar-refractivity contribution is 6.67. The Balaban J connectivity index is 4.20. The summed E-state index contributed by atoms with van der Waals surface area (Å²) < 4.78 is 47.0. The van der Waals surface area contributed by atoms with Crippen molar-refractivity contribution in [2.75, 3.05) is 14.2 Å². The summed E-state index contributed by atoms with van der Waals surface area (Å²) in [5.41, 5.74) is 0. The van der Waals surface area contributed by atoms with E-state index < -0.39 is 21.2 Å². The predicted octanol–water partition coefficient (Wildman–Crippen LogP) is 3.86. The van der Waals surface area contributed by atoms with E-state index in [0.717, 1.165) is 19.3 Å². The smallest absolute Gasteiger partial charge is 0.389 e. The van der Waals surface area contributed by atoms with Crippen LogP contribution in [0, 0.1) is 0 Å². The molecule has 0 spiro atoms. The topological polar surface area (TPSA) is 18.5 Å². The van der Waals surface area contributed by atoms with Gasteiger partial charge in [0.05, 0.1) is 0 Å². The van der Waals surface area contributed by atoms with Gasteiger partial charge >= 0.3 is 14.7 Å². The highest BCUT2D eigenvalue weighted by atomic mass is 28.4. The Morgan fingerprint density at radius 1 is 1.00 bits per heavy atom. The van der Waals surface area contributed by atoms with Crippen LogP contribution in [0.15, 0.2) is 0 Å². The summed E-state index contributed by atoms with van der Waals surface area (Å²) in [5.74, 6) is 0. The van der Waals surface area contributed by atoms with Crippen LogP contribution < -0.4 is 0 Å². The lowest BCUT2D eigenvalue weighted by Gasteiger charge is -2.27. The summed E-state index contributed by atoms with van der Waals surface area (Å²) >= 11 is 0. The molecule has 16 heavy (non-hydrogen) atoms. The third-order valence-electron chi connectivity index (χ3n) is 2.69. The highest BCUT2D eigenvalue weighted by Crippen LogP contribution is 2.29. The molecule has 0 aliphatic heterocycles. The summed E-state index contributed by atoms with van der Waals surface area (Å²) in [7, 11) is 0.302. The van der Waals surface area contributed by atoms with Gasteiger partial charge in [-0.15, -0.1) is 0 Å². The molecule has 0 aliphatic carbocycles. The van der Waals surface area contributed by atoms with Crippen molar-refractivity contribution in [1.29, 1.82) is 0 Å². The second kappa shape index (κ2) is 7.29. The van der Waals surface area contributed by atoms with E-state index in [9.17, 15) is 13.2 Å². The molecule has 0 radical (unpaired) electrons. The summed E-state index contributed by atoms with van der Waals surface area (Å²) in [6, 6.07) is 0.636. The number of halogens is 3. The minimum Gasteiger partial charge on any atom is -0.398 e. The van der Waals surface area contributed by atoms with Crippen LogP contribution in [0.1, 0.15) is 32.6 Å². The van der Waals surface area contributed by atoms with Gasteiger partial charge in [-0.1, -0.05) is 26.2 Å². The quantitative estimate of drug-likeness (QED) is 0.486. The van der Waals surface area contributed by atoms with Gasteiger partial charge in [0.1, 0.15) is 0 Å². The maximum Gasteiger partial charge on any atom is 0.389 e. The Labute approximate surface area is 96.4 Å². The van der Waals surface area contributed by atoms with E-state index >= 15 is 0 Å². The maximum absolute atomic E-state index is 12.2.